The Hall–Kier alpha value is -2.49. The SMILES string of the molecule is CCn1c(SCC(=O)Nc2nc(-c3ccc(C)c(C)c3)cs2)nnc1-c1csc(C)c1C. The van der Waals surface area contributed by atoms with E-state index in [9.17, 15) is 4.79 Å². The van der Waals surface area contributed by atoms with Crippen molar-refractivity contribution in [1.29, 1.82) is 0 Å². The van der Waals surface area contributed by atoms with Crippen LogP contribution in [0.15, 0.2) is 34.1 Å². The van der Waals surface area contributed by atoms with Gasteiger partial charge in [-0.15, -0.1) is 32.9 Å². The number of hydrogen-bond acceptors (Lipinski definition) is 7. The Morgan fingerprint density at radius 1 is 1.09 bits per heavy atom. The Balaban J connectivity index is 1.41. The molecule has 0 saturated carbocycles. The molecule has 0 aliphatic carbocycles. The first kappa shape index (κ1) is 22.7. The molecule has 1 N–H and O–H groups in total. The van der Waals surface area contributed by atoms with Gasteiger partial charge in [-0.05, 0) is 57.4 Å². The second kappa shape index (κ2) is 9.56. The monoisotopic (exact) mass is 483 g/mol. The van der Waals surface area contributed by atoms with Crippen molar-refractivity contribution < 1.29 is 4.79 Å². The molecular formula is C23H25N5OS3. The van der Waals surface area contributed by atoms with Gasteiger partial charge in [-0.2, -0.15) is 0 Å². The molecule has 3 aromatic heterocycles. The van der Waals surface area contributed by atoms with Crippen LogP contribution in [0, 0.1) is 27.7 Å². The summed E-state index contributed by atoms with van der Waals surface area (Å²) in [7, 11) is 0. The number of amides is 1. The molecule has 0 unspecified atom stereocenters. The van der Waals surface area contributed by atoms with E-state index in [1.807, 2.05) is 5.38 Å². The molecule has 1 amide bonds. The van der Waals surface area contributed by atoms with Gasteiger partial charge in [0.25, 0.3) is 0 Å². The van der Waals surface area contributed by atoms with Crippen LogP contribution in [0.25, 0.3) is 22.6 Å². The van der Waals surface area contributed by atoms with Gasteiger partial charge in [-0.1, -0.05) is 23.9 Å². The maximum Gasteiger partial charge on any atom is 0.236 e. The highest BCUT2D eigenvalue weighted by atomic mass is 32.2. The molecule has 0 aliphatic heterocycles. The first-order valence-corrected chi connectivity index (χ1v) is 13.1. The number of carbonyl (C=O) groups is 1. The zero-order valence-electron chi connectivity index (χ0n) is 18.7. The lowest BCUT2D eigenvalue weighted by Gasteiger charge is -2.07. The number of nitrogens with zero attached hydrogens (tertiary/aromatic N) is 4. The minimum absolute atomic E-state index is 0.106. The predicted molar refractivity (Wildman–Crippen MR) is 135 cm³/mol. The van der Waals surface area contributed by atoms with E-state index in [-0.39, 0.29) is 11.7 Å². The van der Waals surface area contributed by atoms with Crippen molar-refractivity contribution >= 4 is 45.5 Å². The van der Waals surface area contributed by atoms with E-state index in [1.165, 1.54) is 44.7 Å². The number of aromatic nitrogens is 4. The van der Waals surface area contributed by atoms with Crippen LogP contribution in [0.1, 0.15) is 28.5 Å². The standard InChI is InChI=1S/C23H25N5OS3/c1-6-28-21(18-10-30-16(5)15(18)4)26-27-23(28)32-12-20(29)25-22-24-19(11-31-22)17-8-7-13(2)14(3)9-17/h7-11H,6,12H2,1-5H3,(H,24,25,29). The van der Waals surface area contributed by atoms with Gasteiger partial charge in [0.1, 0.15) is 0 Å². The average Bonchev–Trinajstić information content (AvgIpc) is 3.48. The highest BCUT2D eigenvalue weighted by molar-refractivity contribution is 7.99. The zero-order valence-corrected chi connectivity index (χ0v) is 21.2. The Morgan fingerprint density at radius 3 is 2.59 bits per heavy atom. The minimum Gasteiger partial charge on any atom is -0.302 e. The second-order valence-electron chi connectivity index (χ2n) is 7.55. The third kappa shape index (κ3) is 4.65. The lowest BCUT2D eigenvalue weighted by molar-refractivity contribution is -0.113. The molecule has 0 bridgehead atoms. The largest absolute Gasteiger partial charge is 0.302 e. The Morgan fingerprint density at radius 2 is 1.91 bits per heavy atom. The number of rotatable bonds is 7. The van der Waals surface area contributed by atoms with E-state index in [4.69, 9.17) is 0 Å². The summed E-state index contributed by atoms with van der Waals surface area (Å²) in [5.41, 5.74) is 6.75. The summed E-state index contributed by atoms with van der Waals surface area (Å²) in [6, 6.07) is 6.28. The Kier molecular flexibility index (Phi) is 6.78. The summed E-state index contributed by atoms with van der Waals surface area (Å²) >= 11 is 4.54. The molecule has 32 heavy (non-hydrogen) atoms. The zero-order chi connectivity index (χ0) is 22.8. The van der Waals surface area contributed by atoms with Crippen LogP contribution in [0.4, 0.5) is 5.13 Å². The van der Waals surface area contributed by atoms with E-state index in [2.05, 4.69) is 83.3 Å². The predicted octanol–water partition coefficient (Wildman–Crippen LogP) is 6.11. The molecule has 0 atom stereocenters. The van der Waals surface area contributed by atoms with Crippen molar-refractivity contribution in [2.75, 3.05) is 11.1 Å². The summed E-state index contributed by atoms with van der Waals surface area (Å²) in [5, 5.41) is 17.1. The van der Waals surface area contributed by atoms with Crippen molar-refractivity contribution in [3.63, 3.8) is 0 Å². The van der Waals surface area contributed by atoms with E-state index in [1.54, 1.807) is 11.3 Å². The lowest BCUT2D eigenvalue weighted by atomic mass is 10.1. The van der Waals surface area contributed by atoms with Crippen molar-refractivity contribution in [2.24, 2.45) is 0 Å². The number of thiophene rings is 1. The van der Waals surface area contributed by atoms with Crippen LogP contribution in [-0.2, 0) is 11.3 Å². The molecule has 0 fully saturated rings. The number of thioether (sulfide) groups is 1. The molecule has 0 saturated heterocycles. The molecule has 4 aromatic rings. The number of benzene rings is 1. The number of hydrogen-bond donors (Lipinski definition) is 1. The molecular weight excluding hydrogens is 458 g/mol. The summed E-state index contributed by atoms with van der Waals surface area (Å²) in [5.74, 6) is 0.999. The van der Waals surface area contributed by atoms with E-state index < -0.39 is 0 Å². The minimum atomic E-state index is -0.106. The van der Waals surface area contributed by atoms with Crippen LogP contribution in [0.3, 0.4) is 0 Å². The normalized spacial score (nSPS) is 11.2. The molecule has 0 radical (unpaired) electrons. The molecule has 0 aliphatic rings. The van der Waals surface area contributed by atoms with Gasteiger partial charge in [0.15, 0.2) is 16.1 Å². The highest BCUT2D eigenvalue weighted by Gasteiger charge is 2.18. The fraction of sp³-hybridized carbons (Fsp3) is 0.304. The van der Waals surface area contributed by atoms with Gasteiger partial charge in [0, 0.05) is 33.3 Å². The van der Waals surface area contributed by atoms with Crippen LogP contribution in [-0.4, -0.2) is 31.4 Å². The maximum atomic E-state index is 12.5. The fourth-order valence-electron chi connectivity index (χ4n) is 3.26. The Labute approximate surface area is 200 Å². The van der Waals surface area contributed by atoms with Gasteiger partial charge in [0.2, 0.25) is 5.91 Å². The van der Waals surface area contributed by atoms with Crippen LogP contribution < -0.4 is 5.32 Å². The molecule has 4 rings (SSSR count). The van der Waals surface area contributed by atoms with Gasteiger partial charge in [-0.3, -0.25) is 4.79 Å². The Bertz CT molecular complexity index is 1270. The first-order valence-electron chi connectivity index (χ1n) is 10.3. The molecule has 166 valence electrons. The van der Waals surface area contributed by atoms with Crippen LogP contribution in [0.5, 0.6) is 0 Å². The number of carbonyl (C=O) groups excluding carboxylic acids is 1. The van der Waals surface area contributed by atoms with Crippen LogP contribution >= 0.6 is 34.4 Å². The van der Waals surface area contributed by atoms with E-state index in [0.29, 0.717) is 5.13 Å². The van der Waals surface area contributed by atoms with Gasteiger partial charge >= 0.3 is 0 Å². The van der Waals surface area contributed by atoms with E-state index >= 15 is 0 Å². The van der Waals surface area contributed by atoms with Gasteiger partial charge in [0.05, 0.1) is 11.4 Å². The van der Waals surface area contributed by atoms with Crippen molar-refractivity contribution in [3.8, 4) is 22.6 Å². The lowest BCUT2D eigenvalue weighted by Crippen LogP contribution is -2.14. The van der Waals surface area contributed by atoms with Crippen molar-refractivity contribution in [2.45, 2.75) is 46.3 Å². The molecule has 6 nitrogen and oxygen atoms in total. The summed E-state index contributed by atoms with van der Waals surface area (Å²) < 4.78 is 2.06. The van der Waals surface area contributed by atoms with Crippen molar-refractivity contribution in [1.82, 2.24) is 19.7 Å². The third-order valence-electron chi connectivity index (χ3n) is 5.45. The molecule has 1 aromatic carbocycles. The number of thiazole rings is 1. The summed E-state index contributed by atoms with van der Waals surface area (Å²) in [6.07, 6.45) is 0. The van der Waals surface area contributed by atoms with Crippen molar-refractivity contribution in [3.05, 3.63) is 50.5 Å². The molecule has 3 heterocycles. The topological polar surface area (TPSA) is 72.7 Å². The number of aryl methyl sites for hydroxylation is 3. The van der Waals surface area contributed by atoms with E-state index in [0.717, 1.165) is 34.3 Å². The maximum absolute atomic E-state index is 12.5. The number of nitrogens with one attached hydrogen (secondary N) is 1. The average molecular weight is 484 g/mol. The number of anilines is 1. The second-order valence-corrected chi connectivity index (χ2v) is 10.4. The van der Waals surface area contributed by atoms with Gasteiger partial charge < -0.3 is 9.88 Å². The highest BCUT2D eigenvalue weighted by Crippen LogP contribution is 2.32. The van der Waals surface area contributed by atoms with Gasteiger partial charge in [-0.25, -0.2) is 4.98 Å². The quantitative estimate of drug-likeness (QED) is 0.321. The van der Waals surface area contributed by atoms with Crippen LogP contribution in [0.2, 0.25) is 0 Å². The fourth-order valence-corrected chi connectivity index (χ4v) is 5.67. The third-order valence-corrected chi connectivity index (χ3v) is 8.18. The summed E-state index contributed by atoms with van der Waals surface area (Å²) in [6.45, 7) is 11.2. The smallest absolute Gasteiger partial charge is 0.236 e. The molecule has 9 heteroatoms. The summed E-state index contributed by atoms with van der Waals surface area (Å²) in [4.78, 5) is 18.4. The first-order chi connectivity index (χ1) is 15.4. The molecule has 0 spiro atoms.